The number of unbranched alkanes of at least 4 members (excludes halogenated alkanes) is 1. The van der Waals surface area contributed by atoms with Crippen molar-refractivity contribution in [3.8, 4) is 0 Å². The van der Waals surface area contributed by atoms with Crippen LogP contribution < -0.4 is 0 Å². The lowest BCUT2D eigenvalue weighted by Gasteiger charge is -2.34. The topological polar surface area (TPSA) is 90.0 Å². The van der Waals surface area contributed by atoms with E-state index in [4.69, 9.17) is 9.47 Å². The molecule has 34 heavy (non-hydrogen) atoms. The molecular weight excluding hydrogens is 454 g/mol. The smallest absolute Gasteiger partial charge is 0.338 e. The average molecular weight is 498 g/mol. The predicted octanol–water partition coefficient (Wildman–Crippen LogP) is 4.99. The van der Waals surface area contributed by atoms with Crippen LogP contribution in [0.15, 0.2) is 24.3 Å². The van der Waals surface area contributed by atoms with E-state index in [-0.39, 0.29) is 23.5 Å². The van der Waals surface area contributed by atoms with Gasteiger partial charge < -0.3 is 9.47 Å². The molecule has 0 aliphatic heterocycles. The summed E-state index contributed by atoms with van der Waals surface area (Å²) in [6.45, 7) is 10.7. The molecule has 0 N–H and O–H groups in total. The van der Waals surface area contributed by atoms with Gasteiger partial charge in [-0.1, -0.05) is 45.7 Å². The number of sulfonamides is 1. The van der Waals surface area contributed by atoms with Crippen molar-refractivity contribution in [1.29, 1.82) is 0 Å². The zero-order valence-electron chi connectivity index (χ0n) is 21.8. The molecular formula is C26H43NO6S. The zero-order valence-corrected chi connectivity index (χ0v) is 22.6. The minimum absolute atomic E-state index is 0.159. The molecule has 0 saturated carbocycles. The van der Waals surface area contributed by atoms with Crippen LogP contribution in [-0.4, -0.2) is 56.7 Å². The predicted molar refractivity (Wildman–Crippen MR) is 135 cm³/mol. The monoisotopic (exact) mass is 497 g/mol. The first kappa shape index (κ1) is 30.1. The summed E-state index contributed by atoms with van der Waals surface area (Å²) in [7, 11) is -3.35. The van der Waals surface area contributed by atoms with Gasteiger partial charge in [0.1, 0.15) is 6.10 Å². The molecule has 1 unspecified atom stereocenters. The fraction of sp³-hybridized carbons (Fsp3) is 0.692. The van der Waals surface area contributed by atoms with Crippen LogP contribution in [0.1, 0.15) is 89.1 Å². The van der Waals surface area contributed by atoms with Gasteiger partial charge in [-0.05, 0) is 56.7 Å². The molecule has 0 bridgehead atoms. The number of esters is 2. The summed E-state index contributed by atoms with van der Waals surface area (Å²) >= 11 is 0. The SMILES string of the molecule is CCCCC(C)(C)C(CCCN(CCCc1ccc(C(=O)OCC)cc1)S(C)(=O)=O)OC(C)=O. The van der Waals surface area contributed by atoms with Crippen LogP contribution in [-0.2, 0) is 30.7 Å². The van der Waals surface area contributed by atoms with Crippen LogP contribution in [0.2, 0.25) is 0 Å². The molecule has 1 atom stereocenters. The largest absolute Gasteiger partial charge is 0.462 e. The molecule has 8 heteroatoms. The van der Waals surface area contributed by atoms with E-state index in [0.717, 1.165) is 24.8 Å². The summed E-state index contributed by atoms with van der Waals surface area (Å²) in [4.78, 5) is 23.4. The number of hydrogen-bond acceptors (Lipinski definition) is 6. The summed E-state index contributed by atoms with van der Waals surface area (Å²) in [6.07, 6.45) is 6.69. The second-order valence-corrected chi connectivity index (χ2v) is 11.5. The fourth-order valence-electron chi connectivity index (χ4n) is 3.98. The Bertz CT molecular complexity index is 864. The number of hydrogen-bond donors (Lipinski definition) is 0. The number of nitrogens with zero attached hydrogens (tertiary/aromatic N) is 1. The van der Waals surface area contributed by atoms with Gasteiger partial charge in [0, 0.05) is 25.4 Å². The maximum Gasteiger partial charge on any atom is 0.338 e. The van der Waals surface area contributed by atoms with Gasteiger partial charge in [-0.25, -0.2) is 17.5 Å². The number of carbonyl (C=O) groups excluding carboxylic acids is 2. The summed E-state index contributed by atoms with van der Waals surface area (Å²) < 4.78 is 36.8. The number of benzene rings is 1. The molecule has 0 heterocycles. The standard InChI is InChI=1S/C26H43NO6S/c1-7-9-18-26(4,5)24(33-21(3)28)13-11-20-27(34(6,30)31)19-10-12-22-14-16-23(17-15-22)25(29)32-8-2/h14-17,24H,7-13,18-20H2,1-6H3. The first-order valence-corrected chi connectivity index (χ1v) is 14.1. The van der Waals surface area contributed by atoms with E-state index in [1.165, 1.54) is 17.5 Å². The third kappa shape index (κ3) is 11.0. The zero-order chi connectivity index (χ0) is 25.8. The van der Waals surface area contributed by atoms with E-state index < -0.39 is 10.0 Å². The van der Waals surface area contributed by atoms with Gasteiger partial charge in [-0.3, -0.25) is 4.79 Å². The first-order valence-electron chi connectivity index (χ1n) is 12.3. The van der Waals surface area contributed by atoms with Gasteiger partial charge in [0.05, 0.1) is 18.4 Å². The lowest BCUT2D eigenvalue weighted by atomic mass is 9.79. The Labute approximate surface area is 206 Å². The van der Waals surface area contributed by atoms with Crippen LogP contribution in [0.25, 0.3) is 0 Å². The van der Waals surface area contributed by atoms with E-state index in [9.17, 15) is 18.0 Å². The highest BCUT2D eigenvalue weighted by molar-refractivity contribution is 7.88. The molecule has 7 nitrogen and oxygen atoms in total. The molecule has 194 valence electrons. The third-order valence-electron chi connectivity index (χ3n) is 6.04. The molecule has 0 spiro atoms. The number of aryl methyl sites for hydroxylation is 1. The van der Waals surface area contributed by atoms with Gasteiger partial charge in [0.2, 0.25) is 10.0 Å². The maximum atomic E-state index is 12.3. The van der Waals surface area contributed by atoms with Crippen LogP contribution in [0.3, 0.4) is 0 Å². The third-order valence-corrected chi connectivity index (χ3v) is 7.34. The Morgan fingerprint density at radius 3 is 2.18 bits per heavy atom. The summed E-state index contributed by atoms with van der Waals surface area (Å²) in [5, 5.41) is 0. The van der Waals surface area contributed by atoms with Gasteiger partial charge in [-0.2, -0.15) is 0 Å². The van der Waals surface area contributed by atoms with E-state index in [0.29, 0.717) is 50.9 Å². The quantitative estimate of drug-likeness (QED) is 0.299. The van der Waals surface area contributed by atoms with Crippen LogP contribution >= 0.6 is 0 Å². The Kier molecular flexibility index (Phi) is 12.8. The Balaban J connectivity index is 2.66. The van der Waals surface area contributed by atoms with Crippen molar-refractivity contribution >= 4 is 22.0 Å². The van der Waals surface area contributed by atoms with Crippen LogP contribution in [0, 0.1) is 5.41 Å². The summed E-state index contributed by atoms with van der Waals surface area (Å²) in [5.41, 5.74) is 1.38. The molecule has 0 radical (unpaired) electrons. The Hall–Kier alpha value is -1.93. The van der Waals surface area contributed by atoms with E-state index in [1.54, 1.807) is 19.1 Å². The van der Waals surface area contributed by atoms with Crippen LogP contribution in [0.4, 0.5) is 0 Å². The van der Waals surface area contributed by atoms with Crippen molar-refractivity contribution in [2.45, 2.75) is 85.7 Å². The highest BCUT2D eigenvalue weighted by atomic mass is 32.2. The Morgan fingerprint density at radius 2 is 1.65 bits per heavy atom. The molecule has 0 aromatic heterocycles. The minimum Gasteiger partial charge on any atom is -0.462 e. The van der Waals surface area contributed by atoms with Crippen molar-refractivity contribution in [2.75, 3.05) is 26.0 Å². The second-order valence-electron chi connectivity index (χ2n) is 9.52. The molecule has 1 aromatic rings. The summed E-state index contributed by atoms with van der Waals surface area (Å²) in [6, 6.07) is 7.21. The van der Waals surface area contributed by atoms with Crippen molar-refractivity contribution in [2.24, 2.45) is 5.41 Å². The van der Waals surface area contributed by atoms with Crippen molar-refractivity contribution in [3.05, 3.63) is 35.4 Å². The van der Waals surface area contributed by atoms with Crippen molar-refractivity contribution in [3.63, 3.8) is 0 Å². The number of rotatable bonds is 16. The first-order chi connectivity index (χ1) is 15.9. The highest BCUT2D eigenvalue weighted by Crippen LogP contribution is 2.32. The van der Waals surface area contributed by atoms with E-state index in [1.807, 2.05) is 12.1 Å². The van der Waals surface area contributed by atoms with Crippen molar-refractivity contribution < 1.29 is 27.5 Å². The second kappa shape index (κ2) is 14.5. The molecule has 1 rings (SSSR count). The number of ether oxygens (including phenoxy) is 2. The molecule has 0 fully saturated rings. The van der Waals surface area contributed by atoms with Gasteiger partial charge >= 0.3 is 11.9 Å². The highest BCUT2D eigenvalue weighted by Gasteiger charge is 2.31. The molecule has 0 saturated heterocycles. The van der Waals surface area contributed by atoms with E-state index in [2.05, 4.69) is 20.8 Å². The summed E-state index contributed by atoms with van der Waals surface area (Å²) in [5.74, 6) is -0.647. The number of carbonyl (C=O) groups is 2. The van der Waals surface area contributed by atoms with E-state index >= 15 is 0 Å². The molecule has 0 aliphatic rings. The average Bonchev–Trinajstić information content (AvgIpc) is 2.75. The maximum absolute atomic E-state index is 12.3. The molecule has 1 aromatic carbocycles. The minimum atomic E-state index is -3.35. The molecule has 0 aliphatic carbocycles. The van der Waals surface area contributed by atoms with Gasteiger partial charge in [0.25, 0.3) is 0 Å². The van der Waals surface area contributed by atoms with Gasteiger partial charge in [-0.15, -0.1) is 0 Å². The lowest BCUT2D eigenvalue weighted by Crippen LogP contribution is -2.36. The lowest BCUT2D eigenvalue weighted by molar-refractivity contribution is -0.153. The van der Waals surface area contributed by atoms with Gasteiger partial charge in [0.15, 0.2) is 0 Å². The fourth-order valence-corrected chi connectivity index (χ4v) is 4.90. The van der Waals surface area contributed by atoms with Crippen LogP contribution in [0.5, 0.6) is 0 Å². The normalized spacial score (nSPS) is 13.0. The Morgan fingerprint density at radius 1 is 1.03 bits per heavy atom. The van der Waals surface area contributed by atoms with Crippen molar-refractivity contribution in [1.82, 2.24) is 4.31 Å². The molecule has 0 amide bonds.